The second-order valence-electron chi connectivity index (χ2n) is 15.6. The first kappa shape index (κ1) is 32.8. The van der Waals surface area contributed by atoms with Gasteiger partial charge in [-0.25, -0.2) is 0 Å². The van der Waals surface area contributed by atoms with Gasteiger partial charge in [0.25, 0.3) is 0 Å². The van der Waals surface area contributed by atoms with Gasteiger partial charge in [-0.15, -0.1) is 0 Å². The number of aryl methyl sites for hydroxylation is 1. The largest absolute Gasteiger partial charge is 0.354 e. The van der Waals surface area contributed by atoms with Gasteiger partial charge in [-0.2, -0.15) is 0 Å². The predicted molar refractivity (Wildman–Crippen MR) is 190 cm³/mol. The fourth-order valence-electron chi connectivity index (χ4n) is 10.6. The third-order valence-electron chi connectivity index (χ3n) is 13.2. The van der Waals surface area contributed by atoms with Crippen LogP contribution in [0.1, 0.15) is 90.9 Å². The molecule has 254 valence electrons. The van der Waals surface area contributed by atoms with E-state index in [9.17, 15) is 19.2 Å². The maximum atomic E-state index is 13.5. The molecular weight excluding hydrogens is 598 g/mol. The van der Waals surface area contributed by atoms with Crippen molar-refractivity contribution in [2.45, 2.75) is 97.4 Å². The van der Waals surface area contributed by atoms with Crippen LogP contribution in [0.15, 0.2) is 65.0 Å². The van der Waals surface area contributed by atoms with Crippen LogP contribution in [-0.2, 0) is 20.9 Å². The number of rotatable bonds is 10. The van der Waals surface area contributed by atoms with Gasteiger partial charge in [0.2, 0.25) is 11.8 Å². The molecule has 0 spiro atoms. The van der Waals surface area contributed by atoms with E-state index in [0.717, 1.165) is 92.6 Å². The number of carbonyl (C=O) groups excluding carboxylic acids is 3. The van der Waals surface area contributed by atoms with Crippen LogP contribution in [0, 0.1) is 34.5 Å². The summed E-state index contributed by atoms with van der Waals surface area (Å²) in [4.78, 5) is 51.2. The predicted octanol–water partition coefficient (Wildman–Crippen LogP) is 7.10. The summed E-state index contributed by atoms with van der Waals surface area (Å²) < 4.78 is 2.23. The summed E-state index contributed by atoms with van der Waals surface area (Å²) in [5.74, 6) is 2.37. The van der Waals surface area contributed by atoms with Gasteiger partial charge in [0, 0.05) is 49.2 Å². The molecule has 7 heteroatoms. The highest BCUT2D eigenvalue weighted by atomic mass is 16.2. The molecule has 1 heterocycles. The van der Waals surface area contributed by atoms with Crippen molar-refractivity contribution in [2.24, 2.45) is 34.5 Å². The number of carbonyl (C=O) groups is 3. The average molecular weight is 650 g/mol. The first-order chi connectivity index (χ1) is 23.2. The van der Waals surface area contributed by atoms with Crippen LogP contribution in [0.5, 0.6) is 0 Å². The highest BCUT2D eigenvalue weighted by Crippen LogP contribution is 2.66. The average Bonchev–Trinajstić information content (AvgIpc) is 3.45. The van der Waals surface area contributed by atoms with Crippen molar-refractivity contribution in [2.75, 3.05) is 13.1 Å². The fraction of sp³-hybridized carbons (Fsp3) is 0.561. The number of ketones is 1. The number of unbranched alkanes of at least 4 members (excludes halogenated alkanes) is 2. The Labute approximate surface area is 283 Å². The van der Waals surface area contributed by atoms with Crippen molar-refractivity contribution in [3.8, 4) is 0 Å². The Morgan fingerprint density at radius 3 is 2.25 bits per heavy atom. The van der Waals surface area contributed by atoms with Gasteiger partial charge < -0.3 is 15.2 Å². The van der Waals surface area contributed by atoms with E-state index in [4.69, 9.17) is 0 Å². The molecule has 0 bridgehead atoms. The Balaban J connectivity index is 0.846. The van der Waals surface area contributed by atoms with E-state index in [1.54, 1.807) is 0 Å². The number of allylic oxidation sites excluding steroid dienone is 1. The minimum absolute atomic E-state index is 0.0262. The molecule has 7 rings (SSSR count). The molecule has 48 heavy (non-hydrogen) atoms. The molecule has 0 saturated heterocycles. The second kappa shape index (κ2) is 13.3. The van der Waals surface area contributed by atoms with Gasteiger partial charge in [-0.3, -0.25) is 19.2 Å². The van der Waals surface area contributed by atoms with E-state index >= 15 is 0 Å². The smallest absolute Gasteiger partial charge is 0.223 e. The van der Waals surface area contributed by atoms with Crippen LogP contribution in [0.3, 0.4) is 0 Å². The summed E-state index contributed by atoms with van der Waals surface area (Å²) in [6, 6.07) is 15.6. The van der Waals surface area contributed by atoms with Crippen LogP contribution < -0.4 is 16.1 Å². The maximum Gasteiger partial charge on any atom is 0.223 e. The van der Waals surface area contributed by atoms with Gasteiger partial charge in [0.1, 0.15) is 0 Å². The highest BCUT2D eigenvalue weighted by molar-refractivity contribution is 5.93. The Hall–Kier alpha value is -3.74. The zero-order valence-electron chi connectivity index (χ0n) is 28.7. The summed E-state index contributed by atoms with van der Waals surface area (Å²) in [5.41, 5.74) is 3.56. The number of benzene rings is 2. The standard InChI is InChI=1S/C41H51N3O4/c1-40-21-19-28(45)26-27(40)15-16-29-32-17-18-34(41(32,2)22-20-33(29)40)39(48)43-24-23-42-37(46)14-4-3-9-25-44-35-12-7-5-10-30(35)38(47)31-11-6-8-13-36(31)44/h5-8,10-13,26,29,32-34H,3-4,9,14-25H2,1-2H3,(H,42,46)(H,43,48)/t29-,32-,33+,34?,40-,41-/m0/s1. The summed E-state index contributed by atoms with van der Waals surface area (Å²) >= 11 is 0. The summed E-state index contributed by atoms with van der Waals surface area (Å²) in [6.07, 6.45) is 13.2. The van der Waals surface area contributed by atoms with Crippen molar-refractivity contribution in [1.29, 1.82) is 0 Å². The van der Waals surface area contributed by atoms with Gasteiger partial charge in [-0.1, -0.05) is 50.1 Å². The Bertz CT molecular complexity index is 1770. The zero-order valence-corrected chi connectivity index (χ0v) is 28.7. The van der Waals surface area contributed by atoms with Gasteiger partial charge in [-0.05, 0) is 117 Å². The summed E-state index contributed by atoms with van der Waals surface area (Å²) in [6.45, 7) is 6.48. The minimum Gasteiger partial charge on any atom is -0.354 e. The second-order valence-corrected chi connectivity index (χ2v) is 15.6. The zero-order chi connectivity index (χ0) is 33.5. The Kier molecular flexibility index (Phi) is 9.08. The van der Waals surface area contributed by atoms with Crippen molar-refractivity contribution in [1.82, 2.24) is 15.2 Å². The lowest BCUT2D eigenvalue weighted by Crippen LogP contribution is -2.52. The summed E-state index contributed by atoms with van der Waals surface area (Å²) in [5, 5.41) is 7.66. The number of aromatic nitrogens is 1. The Morgan fingerprint density at radius 1 is 0.792 bits per heavy atom. The van der Waals surface area contributed by atoms with Gasteiger partial charge in [0.05, 0.1) is 11.0 Å². The molecule has 0 aliphatic heterocycles. The third kappa shape index (κ3) is 5.81. The molecule has 7 nitrogen and oxygen atoms in total. The lowest BCUT2D eigenvalue weighted by Gasteiger charge is -2.58. The molecule has 1 unspecified atom stereocenters. The normalized spacial score (nSPS) is 29.5. The summed E-state index contributed by atoms with van der Waals surface area (Å²) in [7, 11) is 0. The Morgan fingerprint density at radius 2 is 1.50 bits per heavy atom. The van der Waals surface area contributed by atoms with E-state index in [1.165, 1.54) is 5.57 Å². The minimum atomic E-state index is 0.0262. The molecular formula is C41H51N3O4. The number of hydrogen-bond acceptors (Lipinski definition) is 4. The number of nitrogens with zero attached hydrogens (tertiary/aromatic N) is 1. The number of para-hydroxylation sites is 2. The molecule has 3 saturated carbocycles. The van der Waals surface area contributed by atoms with Crippen LogP contribution >= 0.6 is 0 Å². The van der Waals surface area contributed by atoms with Crippen molar-refractivity contribution >= 4 is 39.4 Å². The SMILES string of the molecule is C[C@]12CCC(=O)C=C1CC[C@@H]1[C@H]2CC[C@]2(C)C(C(=O)NCCNC(=O)CCCCCn3c4ccccc4c(=O)c4ccccc43)CC[C@@H]12. The molecule has 2 N–H and O–H groups in total. The van der Waals surface area contributed by atoms with Crippen molar-refractivity contribution < 1.29 is 14.4 Å². The van der Waals surface area contributed by atoms with Crippen LogP contribution in [0.4, 0.5) is 0 Å². The van der Waals surface area contributed by atoms with Crippen LogP contribution in [0.25, 0.3) is 21.8 Å². The lowest BCUT2D eigenvalue weighted by molar-refractivity contribution is -0.132. The molecule has 1 aromatic heterocycles. The molecule has 2 aromatic carbocycles. The van der Waals surface area contributed by atoms with Crippen LogP contribution in [0.2, 0.25) is 0 Å². The van der Waals surface area contributed by atoms with Gasteiger partial charge >= 0.3 is 0 Å². The maximum absolute atomic E-state index is 13.5. The monoisotopic (exact) mass is 649 g/mol. The number of amides is 2. The molecule has 6 atom stereocenters. The van der Waals surface area contributed by atoms with E-state index in [2.05, 4.69) is 29.0 Å². The quantitative estimate of drug-likeness (QED) is 0.181. The van der Waals surface area contributed by atoms with E-state index in [0.29, 0.717) is 49.5 Å². The fourth-order valence-corrected chi connectivity index (χ4v) is 10.6. The lowest BCUT2D eigenvalue weighted by atomic mass is 9.47. The number of nitrogens with one attached hydrogen (secondary N) is 2. The van der Waals surface area contributed by atoms with E-state index in [1.807, 2.05) is 54.6 Å². The first-order valence-electron chi connectivity index (χ1n) is 18.5. The topological polar surface area (TPSA) is 97.3 Å². The molecule has 3 aromatic rings. The third-order valence-corrected chi connectivity index (χ3v) is 13.2. The molecule has 0 radical (unpaired) electrons. The van der Waals surface area contributed by atoms with Crippen molar-refractivity contribution in [3.05, 3.63) is 70.4 Å². The molecule has 4 aliphatic carbocycles. The van der Waals surface area contributed by atoms with Crippen LogP contribution in [-0.4, -0.2) is 35.3 Å². The van der Waals surface area contributed by atoms with E-state index in [-0.39, 0.29) is 34.0 Å². The molecule has 3 fully saturated rings. The highest BCUT2D eigenvalue weighted by Gasteiger charge is 2.60. The molecule has 2 amide bonds. The number of fused-ring (bicyclic) bond motifs is 7. The number of pyridine rings is 1. The first-order valence-corrected chi connectivity index (χ1v) is 18.5. The van der Waals surface area contributed by atoms with E-state index < -0.39 is 0 Å². The van der Waals surface area contributed by atoms with Crippen molar-refractivity contribution in [3.63, 3.8) is 0 Å². The molecule has 4 aliphatic rings. The van der Waals surface area contributed by atoms with Gasteiger partial charge in [0.15, 0.2) is 11.2 Å². The number of hydrogen-bond donors (Lipinski definition) is 2.